The van der Waals surface area contributed by atoms with Crippen LogP contribution in [-0.4, -0.2) is 42.8 Å². The minimum absolute atomic E-state index is 0.0225. The summed E-state index contributed by atoms with van der Waals surface area (Å²) in [5.74, 6) is -0.774. The Morgan fingerprint density at radius 3 is 2.71 bits per heavy atom. The Morgan fingerprint density at radius 1 is 1.43 bits per heavy atom. The zero-order valence-corrected chi connectivity index (χ0v) is 12.5. The standard InChI is InChI=1S/C14H21NO6/c1-4-5-8-21-13-10(16)6-7-15(9-11(17)19-2)12(13)14(18)20-3/h6-7,11,17H,4-5,8-9H2,1-3H3. The molecule has 1 heterocycles. The molecule has 0 saturated carbocycles. The van der Waals surface area contributed by atoms with E-state index in [2.05, 4.69) is 0 Å². The fraction of sp³-hybridized carbons (Fsp3) is 0.571. The molecule has 0 spiro atoms. The highest BCUT2D eigenvalue weighted by Gasteiger charge is 2.22. The number of esters is 1. The van der Waals surface area contributed by atoms with Crippen molar-refractivity contribution in [1.29, 1.82) is 0 Å². The number of unbranched alkanes of at least 4 members (excludes halogenated alkanes) is 1. The van der Waals surface area contributed by atoms with Gasteiger partial charge in [-0.05, 0) is 6.42 Å². The minimum atomic E-state index is -1.11. The summed E-state index contributed by atoms with van der Waals surface area (Å²) < 4.78 is 16.3. The topological polar surface area (TPSA) is 87.0 Å². The van der Waals surface area contributed by atoms with Gasteiger partial charge in [-0.1, -0.05) is 13.3 Å². The molecule has 0 radical (unpaired) electrons. The largest absolute Gasteiger partial charge is 0.487 e. The van der Waals surface area contributed by atoms with E-state index in [-0.39, 0.29) is 18.0 Å². The number of aromatic nitrogens is 1. The van der Waals surface area contributed by atoms with E-state index in [0.717, 1.165) is 12.8 Å². The number of nitrogens with zero attached hydrogens (tertiary/aromatic N) is 1. The van der Waals surface area contributed by atoms with Crippen LogP contribution in [0.2, 0.25) is 0 Å². The van der Waals surface area contributed by atoms with Gasteiger partial charge in [0.25, 0.3) is 0 Å². The van der Waals surface area contributed by atoms with Gasteiger partial charge in [-0.25, -0.2) is 4.79 Å². The predicted octanol–water partition coefficient (Wildman–Crippen LogP) is 0.779. The molecule has 1 aromatic heterocycles. The molecule has 7 nitrogen and oxygen atoms in total. The number of ether oxygens (including phenoxy) is 3. The maximum absolute atomic E-state index is 11.9. The zero-order chi connectivity index (χ0) is 15.8. The summed E-state index contributed by atoms with van der Waals surface area (Å²) in [6.45, 7) is 2.29. The molecule has 0 amide bonds. The quantitative estimate of drug-likeness (QED) is 0.433. The van der Waals surface area contributed by atoms with Gasteiger partial charge in [0.1, 0.15) is 0 Å². The van der Waals surface area contributed by atoms with Crippen molar-refractivity contribution in [3.63, 3.8) is 0 Å². The number of rotatable bonds is 8. The summed E-state index contributed by atoms with van der Waals surface area (Å²) in [5.41, 5.74) is -0.438. The summed E-state index contributed by atoms with van der Waals surface area (Å²) in [6.07, 6.45) is 1.94. The Morgan fingerprint density at radius 2 is 2.14 bits per heavy atom. The van der Waals surface area contributed by atoms with Crippen LogP contribution in [0.3, 0.4) is 0 Å². The summed E-state index contributed by atoms with van der Waals surface area (Å²) in [6, 6.07) is 1.27. The van der Waals surface area contributed by atoms with E-state index >= 15 is 0 Å². The molecular formula is C14H21NO6. The van der Waals surface area contributed by atoms with Crippen LogP contribution in [-0.2, 0) is 16.0 Å². The average Bonchev–Trinajstić information content (AvgIpc) is 2.49. The van der Waals surface area contributed by atoms with Crippen LogP contribution in [0.15, 0.2) is 17.1 Å². The number of aliphatic hydroxyl groups excluding tert-OH is 1. The molecule has 1 aromatic rings. The number of hydrogen-bond donors (Lipinski definition) is 1. The monoisotopic (exact) mass is 299 g/mol. The van der Waals surface area contributed by atoms with E-state index in [1.54, 1.807) is 0 Å². The molecule has 21 heavy (non-hydrogen) atoms. The highest BCUT2D eigenvalue weighted by atomic mass is 16.6. The lowest BCUT2D eigenvalue weighted by Crippen LogP contribution is -2.26. The van der Waals surface area contributed by atoms with E-state index in [4.69, 9.17) is 14.2 Å². The number of carbonyl (C=O) groups is 1. The number of hydrogen-bond acceptors (Lipinski definition) is 6. The fourth-order valence-corrected chi connectivity index (χ4v) is 1.71. The third kappa shape index (κ3) is 4.57. The first kappa shape index (κ1) is 17.2. The number of aliphatic hydroxyl groups is 1. The predicted molar refractivity (Wildman–Crippen MR) is 75.5 cm³/mol. The second-order valence-electron chi connectivity index (χ2n) is 4.39. The zero-order valence-electron chi connectivity index (χ0n) is 12.5. The van der Waals surface area contributed by atoms with Crippen molar-refractivity contribution >= 4 is 5.97 Å². The molecular weight excluding hydrogens is 278 g/mol. The van der Waals surface area contributed by atoms with Crippen LogP contribution >= 0.6 is 0 Å². The van der Waals surface area contributed by atoms with Gasteiger partial charge in [0, 0.05) is 19.4 Å². The van der Waals surface area contributed by atoms with Gasteiger partial charge in [0.15, 0.2) is 17.7 Å². The summed E-state index contributed by atoms with van der Waals surface area (Å²) in [5, 5.41) is 9.55. The van der Waals surface area contributed by atoms with Gasteiger partial charge in [-0.3, -0.25) is 4.79 Å². The summed E-state index contributed by atoms with van der Waals surface area (Å²) in [7, 11) is 2.55. The van der Waals surface area contributed by atoms with Crippen LogP contribution in [0.25, 0.3) is 0 Å². The van der Waals surface area contributed by atoms with Crippen LogP contribution in [0.1, 0.15) is 30.3 Å². The van der Waals surface area contributed by atoms with Crippen molar-refractivity contribution in [3.8, 4) is 5.75 Å². The number of pyridine rings is 1. The first-order valence-electron chi connectivity index (χ1n) is 6.70. The molecule has 0 fully saturated rings. The Balaban J connectivity index is 3.21. The second kappa shape index (κ2) is 8.43. The van der Waals surface area contributed by atoms with Gasteiger partial charge in [0.2, 0.25) is 5.43 Å². The maximum Gasteiger partial charge on any atom is 0.358 e. The van der Waals surface area contributed by atoms with Crippen LogP contribution in [0, 0.1) is 0 Å². The molecule has 0 aliphatic carbocycles. The molecule has 0 aromatic carbocycles. The maximum atomic E-state index is 11.9. The first-order chi connectivity index (χ1) is 10.0. The van der Waals surface area contributed by atoms with E-state index in [0.29, 0.717) is 6.61 Å². The molecule has 1 N–H and O–H groups in total. The van der Waals surface area contributed by atoms with Gasteiger partial charge in [0.05, 0.1) is 20.3 Å². The van der Waals surface area contributed by atoms with Gasteiger partial charge < -0.3 is 23.9 Å². The third-order valence-electron chi connectivity index (χ3n) is 2.88. The van der Waals surface area contributed by atoms with Crippen LogP contribution < -0.4 is 10.2 Å². The second-order valence-corrected chi connectivity index (χ2v) is 4.39. The molecule has 0 aliphatic rings. The normalized spacial score (nSPS) is 12.0. The molecule has 1 rings (SSSR count). The van der Waals surface area contributed by atoms with Gasteiger partial charge in [-0.2, -0.15) is 0 Å². The average molecular weight is 299 g/mol. The lowest BCUT2D eigenvalue weighted by molar-refractivity contribution is -0.0838. The van der Waals surface area contributed by atoms with Crippen molar-refractivity contribution in [2.45, 2.75) is 32.6 Å². The van der Waals surface area contributed by atoms with Crippen molar-refractivity contribution < 1.29 is 24.1 Å². The Kier molecular flexibility index (Phi) is 6.90. The highest BCUT2D eigenvalue weighted by molar-refractivity contribution is 5.90. The van der Waals surface area contributed by atoms with Crippen molar-refractivity contribution in [2.24, 2.45) is 0 Å². The molecule has 0 aliphatic heterocycles. The highest BCUT2D eigenvalue weighted by Crippen LogP contribution is 2.16. The number of carbonyl (C=O) groups excluding carboxylic acids is 1. The lowest BCUT2D eigenvalue weighted by atomic mass is 10.3. The smallest absolute Gasteiger partial charge is 0.358 e. The van der Waals surface area contributed by atoms with Gasteiger partial charge in [-0.15, -0.1) is 0 Å². The third-order valence-corrected chi connectivity index (χ3v) is 2.88. The van der Waals surface area contributed by atoms with Crippen molar-refractivity contribution in [2.75, 3.05) is 20.8 Å². The minimum Gasteiger partial charge on any atom is -0.487 e. The van der Waals surface area contributed by atoms with E-state index in [9.17, 15) is 14.7 Å². The Hall–Kier alpha value is -1.86. The molecule has 1 atom stereocenters. The SMILES string of the molecule is CCCCOc1c(C(=O)OC)n(CC(O)OC)ccc1=O. The van der Waals surface area contributed by atoms with Crippen molar-refractivity contribution in [1.82, 2.24) is 4.57 Å². The lowest BCUT2D eigenvalue weighted by Gasteiger charge is -2.17. The van der Waals surface area contributed by atoms with Crippen molar-refractivity contribution in [3.05, 3.63) is 28.2 Å². The molecule has 7 heteroatoms. The van der Waals surface area contributed by atoms with E-state index in [1.165, 1.54) is 31.0 Å². The number of methoxy groups -OCH3 is 2. The molecule has 0 bridgehead atoms. The molecule has 1 unspecified atom stereocenters. The summed E-state index contributed by atoms with van der Waals surface area (Å²) >= 11 is 0. The Bertz CT molecular complexity index is 525. The van der Waals surface area contributed by atoms with Crippen LogP contribution in [0.4, 0.5) is 0 Å². The van der Waals surface area contributed by atoms with E-state index in [1.807, 2.05) is 6.92 Å². The first-order valence-corrected chi connectivity index (χ1v) is 6.70. The Labute approximate surface area is 123 Å². The molecule has 0 saturated heterocycles. The molecule has 118 valence electrons. The van der Waals surface area contributed by atoms with E-state index < -0.39 is 17.7 Å². The van der Waals surface area contributed by atoms with Crippen LogP contribution in [0.5, 0.6) is 5.75 Å². The summed E-state index contributed by atoms with van der Waals surface area (Å²) in [4.78, 5) is 23.8. The van der Waals surface area contributed by atoms with Gasteiger partial charge >= 0.3 is 5.97 Å². The fourth-order valence-electron chi connectivity index (χ4n) is 1.71.